The van der Waals surface area contributed by atoms with Gasteiger partial charge in [0.25, 0.3) is 0 Å². The average molecular weight is 314 g/mol. The van der Waals surface area contributed by atoms with E-state index in [9.17, 15) is 8.42 Å². The Morgan fingerprint density at radius 1 is 1.44 bits per heavy atom. The summed E-state index contributed by atoms with van der Waals surface area (Å²) in [5.41, 5.74) is 0. The van der Waals surface area contributed by atoms with Crippen molar-refractivity contribution in [1.82, 2.24) is 4.72 Å². The predicted molar refractivity (Wildman–Crippen MR) is 69.5 cm³/mol. The minimum Gasteiger partial charge on any atom is -0.395 e. The fourth-order valence-corrected chi connectivity index (χ4v) is 3.27. The van der Waals surface area contributed by atoms with Crippen molar-refractivity contribution >= 4 is 33.2 Å². The summed E-state index contributed by atoms with van der Waals surface area (Å²) >= 11 is 11.6. The molecule has 0 bridgehead atoms. The smallest absolute Gasteiger partial charge is 0.242 e. The number of hydrogen-bond donors (Lipinski definition) is 2. The van der Waals surface area contributed by atoms with E-state index in [1.807, 2.05) is 0 Å². The van der Waals surface area contributed by atoms with Gasteiger partial charge in [-0.15, -0.1) is 0 Å². The minimum atomic E-state index is -3.85. The van der Waals surface area contributed by atoms with Crippen LogP contribution in [0.1, 0.15) is 0 Å². The molecule has 0 saturated carbocycles. The van der Waals surface area contributed by atoms with Crippen molar-refractivity contribution in [3.63, 3.8) is 0 Å². The van der Waals surface area contributed by atoms with E-state index in [1.54, 1.807) is 0 Å². The van der Waals surface area contributed by atoms with Crippen molar-refractivity contribution < 1.29 is 18.3 Å². The van der Waals surface area contributed by atoms with E-state index in [0.29, 0.717) is 0 Å². The van der Waals surface area contributed by atoms with Crippen LogP contribution in [0.5, 0.6) is 0 Å². The number of rotatable bonds is 6. The molecule has 1 aromatic rings. The number of methoxy groups -OCH3 is 1. The summed E-state index contributed by atoms with van der Waals surface area (Å²) in [6.45, 7) is -0.334. The summed E-state index contributed by atoms with van der Waals surface area (Å²) in [6.07, 6.45) is 0. The molecule has 0 spiro atoms. The third kappa shape index (κ3) is 3.81. The summed E-state index contributed by atoms with van der Waals surface area (Å²) in [5.74, 6) is 0. The highest BCUT2D eigenvalue weighted by Gasteiger charge is 2.23. The molecule has 1 unspecified atom stereocenters. The second-order valence-corrected chi connectivity index (χ2v) is 5.98. The van der Waals surface area contributed by atoms with Gasteiger partial charge < -0.3 is 9.84 Å². The second-order valence-electron chi connectivity index (χ2n) is 3.51. The Bertz CT molecular complexity index is 507. The van der Waals surface area contributed by atoms with Crippen LogP contribution < -0.4 is 4.72 Å². The second kappa shape index (κ2) is 6.70. The number of ether oxygens (including phenoxy) is 1. The Morgan fingerprint density at radius 2 is 2.11 bits per heavy atom. The van der Waals surface area contributed by atoms with Crippen LogP contribution in [0.3, 0.4) is 0 Å². The molecule has 0 heterocycles. The molecule has 5 nitrogen and oxygen atoms in total. The van der Waals surface area contributed by atoms with E-state index in [1.165, 1.54) is 25.3 Å². The lowest BCUT2D eigenvalue weighted by Crippen LogP contribution is -2.40. The van der Waals surface area contributed by atoms with Gasteiger partial charge in [0.15, 0.2) is 0 Å². The zero-order valence-electron chi connectivity index (χ0n) is 9.56. The molecule has 0 aliphatic rings. The molecule has 2 N–H and O–H groups in total. The molecule has 0 aliphatic carbocycles. The number of benzene rings is 1. The number of hydrogen-bond acceptors (Lipinski definition) is 4. The monoisotopic (exact) mass is 313 g/mol. The molecule has 0 amide bonds. The van der Waals surface area contributed by atoms with Crippen LogP contribution in [0.2, 0.25) is 10.0 Å². The average Bonchev–Trinajstić information content (AvgIpc) is 2.31. The van der Waals surface area contributed by atoms with Crippen LogP contribution in [-0.4, -0.2) is 39.9 Å². The lowest BCUT2D eigenvalue weighted by Gasteiger charge is -2.16. The molecule has 8 heteroatoms. The molecule has 0 fully saturated rings. The Labute approximate surface area is 116 Å². The SMILES string of the molecule is COCC(CO)NS(=O)(=O)c1cccc(Cl)c1Cl. The molecular formula is C10H13Cl2NO4S. The quantitative estimate of drug-likeness (QED) is 0.829. The molecule has 18 heavy (non-hydrogen) atoms. The van der Waals surface area contributed by atoms with Crippen LogP contribution in [-0.2, 0) is 14.8 Å². The zero-order chi connectivity index (χ0) is 13.8. The number of halogens is 2. The first-order chi connectivity index (χ1) is 8.42. The number of aliphatic hydroxyl groups is 1. The number of aliphatic hydroxyl groups excluding tert-OH is 1. The maximum Gasteiger partial charge on any atom is 0.242 e. The first kappa shape index (κ1) is 15.7. The van der Waals surface area contributed by atoms with Gasteiger partial charge in [-0.3, -0.25) is 0 Å². The summed E-state index contributed by atoms with van der Waals surface area (Å²) in [5, 5.41) is 9.12. The first-order valence-corrected chi connectivity index (χ1v) is 7.22. The summed E-state index contributed by atoms with van der Waals surface area (Å²) < 4.78 is 31.1. The van der Waals surface area contributed by atoms with E-state index in [4.69, 9.17) is 33.0 Å². The molecule has 0 saturated heterocycles. The highest BCUT2D eigenvalue weighted by Crippen LogP contribution is 2.28. The van der Waals surface area contributed by atoms with Crippen molar-refractivity contribution in [2.24, 2.45) is 0 Å². The van der Waals surface area contributed by atoms with Crippen LogP contribution in [0, 0.1) is 0 Å². The molecule has 102 valence electrons. The van der Waals surface area contributed by atoms with Gasteiger partial charge >= 0.3 is 0 Å². The first-order valence-electron chi connectivity index (χ1n) is 4.98. The van der Waals surface area contributed by atoms with E-state index in [2.05, 4.69) is 4.72 Å². The van der Waals surface area contributed by atoms with E-state index < -0.39 is 16.1 Å². The predicted octanol–water partition coefficient (Wildman–Crippen LogP) is 1.28. The highest BCUT2D eigenvalue weighted by molar-refractivity contribution is 7.89. The minimum absolute atomic E-state index is 0.0495. The van der Waals surface area contributed by atoms with E-state index in [0.717, 1.165) is 0 Å². The lowest BCUT2D eigenvalue weighted by atomic mass is 10.4. The number of nitrogens with one attached hydrogen (secondary N) is 1. The summed E-state index contributed by atoms with van der Waals surface area (Å²) in [4.78, 5) is -0.133. The molecule has 0 aromatic heterocycles. The van der Waals surface area contributed by atoms with Gasteiger partial charge in [0.2, 0.25) is 10.0 Å². The maximum atomic E-state index is 12.0. The molecule has 1 atom stereocenters. The number of sulfonamides is 1. The molecule has 1 aromatic carbocycles. The van der Waals surface area contributed by atoms with Crippen molar-refractivity contribution in [3.8, 4) is 0 Å². The Morgan fingerprint density at radius 3 is 2.67 bits per heavy atom. The van der Waals surface area contributed by atoms with Gasteiger partial charge in [0.05, 0.1) is 29.3 Å². The van der Waals surface area contributed by atoms with Gasteiger partial charge in [-0.1, -0.05) is 29.3 Å². The third-order valence-corrected chi connectivity index (χ3v) is 4.61. The Hall–Kier alpha value is -0.370. The largest absolute Gasteiger partial charge is 0.395 e. The highest BCUT2D eigenvalue weighted by atomic mass is 35.5. The van der Waals surface area contributed by atoms with Gasteiger partial charge in [-0.25, -0.2) is 13.1 Å². The van der Waals surface area contributed by atoms with Crippen LogP contribution in [0.25, 0.3) is 0 Å². The Kier molecular flexibility index (Phi) is 5.84. The lowest BCUT2D eigenvalue weighted by molar-refractivity contribution is 0.139. The van der Waals surface area contributed by atoms with Crippen molar-refractivity contribution in [1.29, 1.82) is 0 Å². The summed E-state index contributed by atoms with van der Waals surface area (Å²) in [6, 6.07) is 3.56. The molecule has 0 radical (unpaired) electrons. The van der Waals surface area contributed by atoms with Crippen molar-refractivity contribution in [2.45, 2.75) is 10.9 Å². The van der Waals surface area contributed by atoms with Crippen LogP contribution >= 0.6 is 23.2 Å². The maximum absolute atomic E-state index is 12.0. The topological polar surface area (TPSA) is 75.6 Å². The molecule has 1 rings (SSSR count). The third-order valence-electron chi connectivity index (χ3n) is 2.12. The van der Waals surface area contributed by atoms with Crippen LogP contribution in [0.4, 0.5) is 0 Å². The van der Waals surface area contributed by atoms with Gasteiger partial charge in [0.1, 0.15) is 4.90 Å². The Balaban J connectivity index is 3.03. The zero-order valence-corrected chi connectivity index (χ0v) is 11.9. The fourth-order valence-electron chi connectivity index (χ4n) is 1.30. The van der Waals surface area contributed by atoms with Gasteiger partial charge in [-0.05, 0) is 12.1 Å². The van der Waals surface area contributed by atoms with Gasteiger partial charge in [0, 0.05) is 7.11 Å². The van der Waals surface area contributed by atoms with Crippen molar-refractivity contribution in [3.05, 3.63) is 28.2 Å². The molecular weight excluding hydrogens is 301 g/mol. The molecule has 0 aliphatic heterocycles. The standard InChI is InChI=1S/C10H13Cl2NO4S/c1-17-6-7(5-14)13-18(15,16)9-4-2-3-8(11)10(9)12/h2-4,7,13-14H,5-6H2,1H3. The fraction of sp³-hybridized carbons (Fsp3) is 0.400. The van der Waals surface area contributed by atoms with Crippen LogP contribution in [0.15, 0.2) is 23.1 Å². The van der Waals surface area contributed by atoms with E-state index >= 15 is 0 Å². The normalized spacial score (nSPS) is 13.6. The van der Waals surface area contributed by atoms with Crippen molar-refractivity contribution in [2.75, 3.05) is 20.3 Å². The van der Waals surface area contributed by atoms with Gasteiger partial charge in [-0.2, -0.15) is 0 Å². The summed E-state index contributed by atoms with van der Waals surface area (Å²) in [7, 11) is -2.45. The van der Waals surface area contributed by atoms with E-state index in [-0.39, 0.29) is 28.2 Å².